The molecule has 7 heteroatoms. The fraction of sp³-hybridized carbons (Fsp3) is 0. The summed E-state index contributed by atoms with van der Waals surface area (Å²) in [6, 6.07) is 1.75. The summed E-state index contributed by atoms with van der Waals surface area (Å²) in [6.45, 7) is 0. The first kappa shape index (κ1) is 7.89. The van der Waals surface area contributed by atoms with Crippen molar-refractivity contribution in [2.24, 2.45) is 0 Å². The molecule has 0 saturated carbocycles. The monoisotopic (exact) mass is 124 g/mol. The summed E-state index contributed by atoms with van der Waals surface area (Å²) in [5, 5.41) is 0. The Hall–Kier alpha value is 0.895. The van der Waals surface area contributed by atoms with Gasteiger partial charge in [-0.25, -0.2) is 0 Å². The molecule has 0 fully saturated rings. The van der Waals surface area contributed by atoms with Crippen molar-refractivity contribution in [1.82, 2.24) is 0 Å². The van der Waals surface area contributed by atoms with Crippen molar-refractivity contribution >= 4 is 58.2 Å². The van der Waals surface area contributed by atoms with Crippen molar-refractivity contribution in [2.45, 2.75) is 0 Å². The van der Waals surface area contributed by atoms with E-state index in [1.54, 1.807) is 6.05 Å². The average Bonchev–Trinajstić information content (AvgIpc) is 1.65. The molecule has 0 amide bonds. The zero-order valence-corrected chi connectivity index (χ0v) is 6.30. The van der Waals surface area contributed by atoms with Crippen molar-refractivity contribution in [3.63, 3.8) is 0 Å². The van der Waals surface area contributed by atoms with Crippen molar-refractivity contribution in [2.75, 3.05) is 0 Å². The van der Waals surface area contributed by atoms with E-state index in [0.29, 0.717) is 12.2 Å². The van der Waals surface area contributed by atoms with Gasteiger partial charge >= 0.3 is 58.2 Å². The normalized spacial score (nSPS) is 7.00. The van der Waals surface area contributed by atoms with Crippen LogP contribution in [-0.2, 0) is 0 Å². The van der Waals surface area contributed by atoms with Crippen molar-refractivity contribution in [3.05, 3.63) is 0 Å². The number of hydrogen-bond donors (Lipinski definition) is 1. The molecule has 0 spiro atoms. The fourth-order valence-electron chi connectivity index (χ4n) is 0.114. The van der Waals surface area contributed by atoms with Crippen LogP contribution in [0.15, 0.2) is 0 Å². The molecular weight excluding hydrogens is 118 g/mol. The Bertz CT molecular complexity index is 59.1. The van der Waals surface area contributed by atoms with Gasteiger partial charge in [-0.05, 0) is 0 Å². The maximum absolute atomic E-state index is 4.68. The van der Waals surface area contributed by atoms with Gasteiger partial charge in [0, 0.05) is 0 Å². The van der Waals surface area contributed by atoms with Crippen LogP contribution >= 0.6 is 24.5 Å². The van der Waals surface area contributed by atoms with Crippen LogP contribution in [0.3, 0.4) is 0 Å². The molecule has 0 rings (SSSR count). The van der Waals surface area contributed by atoms with E-state index in [1.807, 2.05) is 7.74 Å². The zero-order valence-electron chi connectivity index (χ0n) is 4.59. The third-order valence-corrected chi connectivity index (χ3v) is 1.88. The molecule has 0 aliphatic carbocycles. The standard InChI is InChI=1S/B5H5S2/c1-4(3-6)5(2)7/h7H,1-2H2. The Kier molecular flexibility index (Phi) is 4.34. The number of thiol groups is 1. The molecule has 0 aromatic carbocycles. The summed E-state index contributed by atoms with van der Waals surface area (Å²) < 4.78 is 0. The number of hydrogen-bond acceptors (Lipinski definition) is 2. The van der Waals surface area contributed by atoms with E-state index in [4.69, 9.17) is 0 Å². The van der Waals surface area contributed by atoms with Gasteiger partial charge in [-0.15, -0.1) is 0 Å². The molecule has 0 aromatic rings. The molecule has 0 saturated heterocycles. The molecule has 0 aliphatic rings. The van der Waals surface area contributed by atoms with Crippen LogP contribution in [0.1, 0.15) is 0 Å². The Morgan fingerprint density at radius 2 is 2.00 bits per heavy atom. The molecular formula is H5B5S2. The van der Waals surface area contributed by atoms with Crippen LogP contribution in [-0.4, -0.2) is 33.7 Å². The summed E-state index contributed by atoms with van der Waals surface area (Å²) in [5.74, 6) is 0.400. The van der Waals surface area contributed by atoms with Gasteiger partial charge in [0.15, 0.2) is 0 Å². The fourth-order valence-corrected chi connectivity index (χ4v) is 0.552. The van der Waals surface area contributed by atoms with Gasteiger partial charge in [-0.3, -0.25) is 0 Å². The second-order valence-corrected chi connectivity index (χ2v) is 2.82. The van der Waals surface area contributed by atoms with Crippen LogP contribution < -0.4 is 0 Å². The van der Waals surface area contributed by atoms with Crippen LogP contribution in [0.4, 0.5) is 0 Å². The molecule has 0 bridgehead atoms. The van der Waals surface area contributed by atoms with E-state index < -0.39 is 0 Å². The van der Waals surface area contributed by atoms with Crippen LogP contribution in [0.2, 0.25) is 0 Å². The van der Waals surface area contributed by atoms with Gasteiger partial charge in [-0.1, -0.05) is 0 Å². The first-order valence-electron chi connectivity index (χ1n) is 2.32. The minimum atomic E-state index is 0.400. The van der Waals surface area contributed by atoms with Gasteiger partial charge in [0.25, 0.3) is 0 Å². The molecule has 0 aliphatic heterocycles. The Morgan fingerprint density at radius 3 is 2.00 bits per heavy atom. The molecule has 32 valence electrons. The van der Waals surface area contributed by atoms with Crippen molar-refractivity contribution < 1.29 is 0 Å². The molecule has 0 N–H and O–H groups in total. The third-order valence-electron chi connectivity index (χ3n) is 0.976. The van der Waals surface area contributed by atoms with E-state index in [2.05, 4.69) is 32.3 Å². The van der Waals surface area contributed by atoms with Crippen LogP contribution in [0.5, 0.6) is 0 Å². The van der Waals surface area contributed by atoms with Crippen molar-refractivity contribution in [1.29, 1.82) is 0 Å². The molecule has 0 unspecified atom stereocenters. The topological polar surface area (TPSA) is 0 Å². The predicted octanol–water partition coefficient (Wildman–Crippen LogP) is -1.95. The first-order valence-corrected chi connectivity index (χ1v) is 3.30. The summed E-state index contributed by atoms with van der Waals surface area (Å²) in [7, 11) is 4.10. The van der Waals surface area contributed by atoms with Gasteiger partial charge in [-0.2, -0.15) is 0 Å². The van der Waals surface area contributed by atoms with Gasteiger partial charge < -0.3 is 0 Å². The predicted molar refractivity (Wildman–Crippen MR) is 50.9 cm³/mol. The van der Waals surface area contributed by atoms with Gasteiger partial charge in [0.05, 0.1) is 0 Å². The van der Waals surface area contributed by atoms with Gasteiger partial charge in [0.1, 0.15) is 0 Å². The summed E-state index contributed by atoms with van der Waals surface area (Å²) in [6.07, 6.45) is 0.457. The van der Waals surface area contributed by atoms with Crippen LogP contribution in [0, 0.1) is 0 Å². The summed E-state index contributed by atoms with van der Waals surface area (Å²) in [4.78, 5) is 0. The molecule has 0 heterocycles. The van der Waals surface area contributed by atoms with E-state index >= 15 is 0 Å². The minimum absolute atomic E-state index is 0.400. The van der Waals surface area contributed by atoms with E-state index in [1.165, 1.54) is 0 Å². The average molecular weight is 123 g/mol. The molecule has 0 nitrogen and oxygen atoms in total. The first-order chi connectivity index (χ1) is 3.18. The van der Waals surface area contributed by atoms with Crippen molar-refractivity contribution in [3.8, 4) is 0 Å². The van der Waals surface area contributed by atoms with E-state index in [9.17, 15) is 0 Å². The second-order valence-electron chi connectivity index (χ2n) is 1.74. The zero-order chi connectivity index (χ0) is 5.86. The number of rotatable bonds is 2. The Labute approximate surface area is 58.5 Å². The van der Waals surface area contributed by atoms with E-state index in [0.717, 1.165) is 0 Å². The molecule has 7 heavy (non-hydrogen) atoms. The Balaban J connectivity index is 3.33. The molecule has 0 atom stereocenters. The quantitative estimate of drug-likeness (QED) is 0.329. The second kappa shape index (κ2) is 3.84. The SMILES string of the molecule is BB(S)B(B)B=S. The maximum atomic E-state index is 4.68. The Morgan fingerprint density at radius 1 is 1.57 bits per heavy atom. The van der Waals surface area contributed by atoms with Crippen LogP contribution in [0.25, 0.3) is 0 Å². The molecule has 0 radical (unpaired) electrons. The molecule has 0 aromatic heterocycles. The summed E-state index contributed by atoms with van der Waals surface area (Å²) in [5.41, 5.74) is 0. The third kappa shape index (κ3) is 3.47. The summed E-state index contributed by atoms with van der Waals surface area (Å²) >= 11 is 8.85. The van der Waals surface area contributed by atoms with E-state index in [-0.39, 0.29) is 0 Å². The van der Waals surface area contributed by atoms with Gasteiger partial charge in [0.2, 0.25) is 0 Å².